The van der Waals surface area contributed by atoms with Crippen molar-refractivity contribution in [2.75, 3.05) is 18.5 Å². The zero-order valence-corrected chi connectivity index (χ0v) is 14.3. The second kappa shape index (κ2) is 6.76. The maximum atomic E-state index is 13.4. The number of carbonyl (C=O) groups excluding carboxylic acids is 2. The van der Waals surface area contributed by atoms with Crippen molar-refractivity contribution in [2.24, 2.45) is 0 Å². The van der Waals surface area contributed by atoms with E-state index in [0.717, 1.165) is 0 Å². The number of amides is 2. The maximum absolute atomic E-state index is 13.4. The van der Waals surface area contributed by atoms with E-state index in [1.807, 2.05) is 0 Å². The monoisotopic (exact) mass is 338 g/mol. The van der Waals surface area contributed by atoms with Crippen molar-refractivity contribution >= 4 is 17.7 Å². The number of hydrogen-bond acceptors (Lipinski definition) is 4. The highest BCUT2D eigenvalue weighted by molar-refractivity contribution is 5.99. The lowest BCUT2D eigenvalue weighted by molar-refractivity contribution is -0.125. The molecule has 0 spiro atoms. The number of likely N-dealkylation sites (tertiary alicyclic amines) is 1. The average molecular weight is 338 g/mol. The summed E-state index contributed by atoms with van der Waals surface area (Å²) in [7, 11) is 1.48. The van der Waals surface area contributed by atoms with Gasteiger partial charge in [-0.15, -0.1) is 0 Å². The van der Waals surface area contributed by atoms with Gasteiger partial charge in [0, 0.05) is 19.3 Å². The first kappa shape index (κ1) is 18.2. The summed E-state index contributed by atoms with van der Waals surface area (Å²) in [6.45, 7) is 5.41. The Balaban J connectivity index is 2.20. The second-order valence-corrected chi connectivity index (χ2v) is 6.85. The SMILES string of the molecule is CN(C(=O)[C@@H]1[C@@H](O)CCN1C(=O)OC(C)(C)C)c1cccc(F)c1. The van der Waals surface area contributed by atoms with Crippen molar-refractivity contribution in [3.8, 4) is 0 Å². The molecule has 0 unspecified atom stereocenters. The number of hydrogen-bond donors (Lipinski definition) is 1. The Morgan fingerprint density at radius 3 is 2.62 bits per heavy atom. The molecule has 1 saturated heterocycles. The molecule has 2 rings (SSSR count). The van der Waals surface area contributed by atoms with Gasteiger partial charge in [-0.1, -0.05) is 6.07 Å². The smallest absolute Gasteiger partial charge is 0.411 e. The standard InChI is InChI=1S/C17H23FN2O4/c1-17(2,3)24-16(23)20-9-8-13(21)14(20)15(22)19(4)12-7-5-6-11(18)10-12/h5-7,10,13-14,21H,8-9H2,1-4H3/t13-,14-/m0/s1. The van der Waals surface area contributed by atoms with Crippen LogP contribution >= 0.6 is 0 Å². The Morgan fingerprint density at radius 1 is 1.38 bits per heavy atom. The fourth-order valence-corrected chi connectivity index (χ4v) is 2.61. The van der Waals surface area contributed by atoms with E-state index in [-0.39, 0.29) is 13.0 Å². The minimum absolute atomic E-state index is 0.226. The van der Waals surface area contributed by atoms with E-state index in [9.17, 15) is 19.1 Å². The molecule has 1 heterocycles. The third-order valence-electron chi connectivity index (χ3n) is 3.77. The highest BCUT2D eigenvalue weighted by Gasteiger charge is 2.44. The number of rotatable bonds is 2. The molecule has 0 saturated carbocycles. The molecule has 0 aliphatic carbocycles. The van der Waals surface area contributed by atoms with Gasteiger partial charge in [0.15, 0.2) is 0 Å². The summed E-state index contributed by atoms with van der Waals surface area (Å²) in [5.41, 5.74) is -0.351. The van der Waals surface area contributed by atoms with Crippen LogP contribution in [0.2, 0.25) is 0 Å². The van der Waals surface area contributed by atoms with Gasteiger partial charge in [-0.05, 0) is 45.4 Å². The Kier molecular flexibility index (Phi) is 5.13. The fraction of sp³-hybridized carbons (Fsp3) is 0.529. The number of anilines is 1. The second-order valence-electron chi connectivity index (χ2n) is 6.85. The Labute approximate surface area is 140 Å². The quantitative estimate of drug-likeness (QED) is 0.897. The number of aliphatic hydroxyl groups excluding tert-OH is 1. The predicted octanol–water partition coefficient (Wildman–Crippen LogP) is 2.16. The van der Waals surface area contributed by atoms with Crippen LogP contribution in [0, 0.1) is 5.82 Å². The lowest BCUT2D eigenvalue weighted by Gasteiger charge is -2.31. The summed E-state index contributed by atoms with van der Waals surface area (Å²) in [4.78, 5) is 27.5. The van der Waals surface area contributed by atoms with Gasteiger partial charge in [-0.2, -0.15) is 0 Å². The van der Waals surface area contributed by atoms with Crippen LogP contribution < -0.4 is 4.90 Å². The number of ether oxygens (including phenoxy) is 1. The molecule has 1 aliphatic rings. The minimum Gasteiger partial charge on any atom is -0.444 e. The molecule has 2 atom stereocenters. The van der Waals surface area contributed by atoms with Gasteiger partial charge in [0.25, 0.3) is 5.91 Å². The number of nitrogens with zero attached hydrogens (tertiary/aromatic N) is 2. The molecule has 7 heteroatoms. The Bertz CT molecular complexity index is 629. The van der Waals surface area contributed by atoms with Crippen molar-refractivity contribution in [3.63, 3.8) is 0 Å². The molecule has 1 N–H and O–H groups in total. The van der Waals surface area contributed by atoms with Crippen molar-refractivity contribution < 1.29 is 23.8 Å². The first-order valence-corrected chi connectivity index (χ1v) is 7.81. The van der Waals surface area contributed by atoms with E-state index in [4.69, 9.17) is 4.74 Å². The molecule has 2 amide bonds. The number of carbonyl (C=O) groups is 2. The molecule has 1 aromatic rings. The first-order valence-electron chi connectivity index (χ1n) is 7.81. The van der Waals surface area contributed by atoms with Gasteiger partial charge in [0.1, 0.15) is 17.5 Å². The van der Waals surface area contributed by atoms with E-state index in [0.29, 0.717) is 5.69 Å². The molecular weight excluding hydrogens is 315 g/mol. The number of halogens is 1. The lowest BCUT2D eigenvalue weighted by atomic mass is 10.1. The van der Waals surface area contributed by atoms with Gasteiger partial charge in [-0.3, -0.25) is 9.69 Å². The molecular formula is C17H23FN2O4. The number of benzene rings is 1. The maximum Gasteiger partial charge on any atom is 0.411 e. The number of aliphatic hydroxyl groups is 1. The van der Waals surface area contributed by atoms with E-state index >= 15 is 0 Å². The van der Waals surface area contributed by atoms with Gasteiger partial charge < -0.3 is 14.7 Å². The highest BCUT2D eigenvalue weighted by Crippen LogP contribution is 2.25. The van der Waals surface area contributed by atoms with Gasteiger partial charge in [-0.25, -0.2) is 9.18 Å². The molecule has 6 nitrogen and oxygen atoms in total. The molecule has 0 aromatic heterocycles. The topological polar surface area (TPSA) is 70.1 Å². The predicted molar refractivity (Wildman–Crippen MR) is 87.2 cm³/mol. The third kappa shape index (κ3) is 4.03. The fourth-order valence-electron chi connectivity index (χ4n) is 2.61. The van der Waals surface area contributed by atoms with Crippen molar-refractivity contribution in [1.29, 1.82) is 0 Å². The summed E-state index contributed by atoms with van der Waals surface area (Å²) in [6.07, 6.45) is -1.35. The van der Waals surface area contributed by atoms with E-state index in [2.05, 4.69) is 0 Å². The third-order valence-corrected chi connectivity index (χ3v) is 3.77. The molecule has 132 valence electrons. The van der Waals surface area contributed by atoms with Crippen LogP contribution in [-0.2, 0) is 9.53 Å². The van der Waals surface area contributed by atoms with Crippen LogP contribution in [-0.4, -0.2) is 53.3 Å². The van der Waals surface area contributed by atoms with Gasteiger partial charge in [0.2, 0.25) is 0 Å². The first-order chi connectivity index (χ1) is 11.1. The number of likely N-dealkylation sites (N-methyl/N-ethyl adjacent to an activating group) is 1. The largest absolute Gasteiger partial charge is 0.444 e. The van der Waals surface area contributed by atoms with Crippen LogP contribution in [0.3, 0.4) is 0 Å². The summed E-state index contributed by atoms with van der Waals surface area (Å²) >= 11 is 0. The van der Waals surface area contributed by atoms with E-state index < -0.39 is 35.6 Å². The van der Waals surface area contributed by atoms with Crippen LogP contribution in [0.15, 0.2) is 24.3 Å². The van der Waals surface area contributed by atoms with Crippen LogP contribution in [0.25, 0.3) is 0 Å². The van der Waals surface area contributed by atoms with E-state index in [1.54, 1.807) is 26.8 Å². The molecule has 1 fully saturated rings. The molecule has 1 aliphatic heterocycles. The minimum atomic E-state index is -1.05. The van der Waals surface area contributed by atoms with Crippen molar-refractivity contribution in [3.05, 3.63) is 30.1 Å². The Morgan fingerprint density at radius 2 is 2.04 bits per heavy atom. The van der Waals surface area contributed by atoms with Gasteiger partial charge >= 0.3 is 6.09 Å². The van der Waals surface area contributed by atoms with Crippen molar-refractivity contribution in [2.45, 2.75) is 44.9 Å². The summed E-state index contributed by atoms with van der Waals surface area (Å²) in [6, 6.07) is 4.52. The highest BCUT2D eigenvalue weighted by atomic mass is 19.1. The molecule has 0 bridgehead atoms. The summed E-state index contributed by atoms with van der Waals surface area (Å²) < 4.78 is 18.7. The molecule has 0 radical (unpaired) electrons. The normalized spacial score (nSPS) is 20.8. The van der Waals surface area contributed by atoms with Crippen molar-refractivity contribution in [1.82, 2.24) is 4.90 Å². The molecule has 24 heavy (non-hydrogen) atoms. The van der Waals surface area contributed by atoms with E-state index in [1.165, 1.54) is 35.0 Å². The zero-order valence-electron chi connectivity index (χ0n) is 14.3. The van der Waals surface area contributed by atoms with Gasteiger partial charge in [0.05, 0.1) is 6.10 Å². The van der Waals surface area contributed by atoms with Crippen LogP contribution in [0.4, 0.5) is 14.9 Å². The summed E-state index contributed by atoms with van der Waals surface area (Å²) in [5, 5.41) is 10.2. The molecule has 1 aromatic carbocycles. The summed E-state index contributed by atoms with van der Waals surface area (Å²) in [5.74, 6) is -0.959. The van der Waals surface area contributed by atoms with Crippen LogP contribution in [0.5, 0.6) is 0 Å². The average Bonchev–Trinajstić information content (AvgIpc) is 2.86. The lowest BCUT2D eigenvalue weighted by Crippen LogP contribution is -2.51. The zero-order chi connectivity index (χ0) is 18.1. The van der Waals surface area contributed by atoms with Crippen LogP contribution in [0.1, 0.15) is 27.2 Å². The Hall–Kier alpha value is -2.15.